The third-order valence-corrected chi connectivity index (χ3v) is 5.21. The quantitative estimate of drug-likeness (QED) is 0.694. The van der Waals surface area contributed by atoms with Crippen LogP contribution < -0.4 is 9.80 Å². The molecule has 3 heterocycles. The molecule has 6 nitrogen and oxygen atoms in total. The summed E-state index contributed by atoms with van der Waals surface area (Å²) in [4.78, 5) is 20.4. The normalized spacial score (nSPS) is 15.2. The molecule has 28 heavy (non-hydrogen) atoms. The molecule has 146 valence electrons. The van der Waals surface area contributed by atoms with Crippen LogP contribution in [0.4, 0.5) is 15.9 Å². The van der Waals surface area contributed by atoms with E-state index in [2.05, 4.69) is 42.8 Å². The molecule has 0 bridgehead atoms. The fraction of sp³-hybridized carbons (Fsp3) is 0.381. The zero-order valence-corrected chi connectivity index (χ0v) is 16.6. The first-order valence-electron chi connectivity index (χ1n) is 9.53. The van der Waals surface area contributed by atoms with Crippen LogP contribution in [0.2, 0.25) is 0 Å². The van der Waals surface area contributed by atoms with Gasteiger partial charge in [-0.2, -0.15) is 0 Å². The highest BCUT2D eigenvalue weighted by molar-refractivity contribution is 5.91. The van der Waals surface area contributed by atoms with Crippen molar-refractivity contribution in [1.29, 1.82) is 0 Å². The first kappa shape index (κ1) is 18.6. The zero-order chi connectivity index (χ0) is 19.7. The van der Waals surface area contributed by atoms with Crippen molar-refractivity contribution in [3.63, 3.8) is 0 Å². The number of piperazine rings is 1. The van der Waals surface area contributed by atoms with Crippen molar-refractivity contribution >= 4 is 22.4 Å². The molecule has 0 unspecified atom stereocenters. The summed E-state index contributed by atoms with van der Waals surface area (Å²) in [6.45, 7) is 6.53. The third kappa shape index (κ3) is 3.75. The Morgan fingerprint density at radius 3 is 2.68 bits per heavy atom. The van der Waals surface area contributed by atoms with Gasteiger partial charge in [-0.15, -0.1) is 0 Å². The van der Waals surface area contributed by atoms with E-state index in [9.17, 15) is 4.39 Å². The molecule has 0 atom stereocenters. The number of benzene rings is 1. The molecule has 0 spiro atoms. The van der Waals surface area contributed by atoms with E-state index in [0.717, 1.165) is 49.2 Å². The molecule has 0 amide bonds. The van der Waals surface area contributed by atoms with Gasteiger partial charge in [0.2, 0.25) is 0 Å². The van der Waals surface area contributed by atoms with E-state index in [1.165, 1.54) is 6.07 Å². The first-order chi connectivity index (χ1) is 13.5. The number of nitrogens with zero attached hydrogens (tertiary/aromatic N) is 6. The molecular weight excluding hydrogens is 355 g/mol. The molecule has 7 heteroatoms. The Kier molecular flexibility index (Phi) is 5.09. The van der Waals surface area contributed by atoms with Crippen molar-refractivity contribution in [3.05, 3.63) is 53.9 Å². The summed E-state index contributed by atoms with van der Waals surface area (Å²) in [5.74, 6) is 1.49. The molecular formula is C21H25FN6. The lowest BCUT2D eigenvalue weighted by molar-refractivity contribution is 0.312. The van der Waals surface area contributed by atoms with Crippen molar-refractivity contribution in [2.24, 2.45) is 0 Å². The minimum Gasteiger partial charge on any atom is -0.367 e. The topological polar surface area (TPSA) is 48.4 Å². The Labute approximate surface area is 164 Å². The number of hydrogen-bond acceptors (Lipinski definition) is 6. The molecule has 2 aromatic heterocycles. The van der Waals surface area contributed by atoms with Gasteiger partial charge < -0.3 is 14.7 Å². The maximum absolute atomic E-state index is 14.1. The highest BCUT2D eigenvalue weighted by atomic mass is 19.1. The third-order valence-electron chi connectivity index (χ3n) is 5.21. The van der Waals surface area contributed by atoms with Gasteiger partial charge >= 0.3 is 0 Å². The monoisotopic (exact) mass is 380 g/mol. The first-order valence-corrected chi connectivity index (χ1v) is 9.53. The summed E-state index contributed by atoms with van der Waals surface area (Å²) >= 11 is 0. The van der Waals surface area contributed by atoms with Gasteiger partial charge in [-0.25, -0.2) is 14.4 Å². The van der Waals surface area contributed by atoms with E-state index in [0.29, 0.717) is 17.4 Å². The smallest absolute Gasteiger partial charge is 0.132 e. The summed E-state index contributed by atoms with van der Waals surface area (Å²) in [6, 6.07) is 8.85. The Hall–Kier alpha value is -2.80. The average Bonchev–Trinajstić information content (AvgIpc) is 2.68. The molecule has 1 aliphatic heterocycles. The standard InChI is InChI=1S/C21H25FN6/c1-15-24-16(13-20(25-15)28-11-9-26(2)10-12-28)14-27(3)19-7-6-18(22)17-5-4-8-23-21(17)19/h4-8,13H,9-12,14H2,1-3H3. The van der Waals surface area contributed by atoms with Crippen LogP contribution in [0.5, 0.6) is 0 Å². The number of fused-ring (bicyclic) bond motifs is 1. The predicted molar refractivity (Wildman–Crippen MR) is 110 cm³/mol. The molecule has 0 aliphatic carbocycles. The van der Waals surface area contributed by atoms with Gasteiger partial charge in [-0.1, -0.05) is 0 Å². The fourth-order valence-corrected chi connectivity index (χ4v) is 3.65. The molecule has 4 rings (SSSR count). The lowest BCUT2D eigenvalue weighted by Crippen LogP contribution is -2.45. The number of likely N-dealkylation sites (N-methyl/N-ethyl adjacent to an activating group) is 1. The number of aryl methyl sites for hydroxylation is 1. The van der Waals surface area contributed by atoms with E-state index in [1.54, 1.807) is 24.4 Å². The van der Waals surface area contributed by atoms with E-state index < -0.39 is 0 Å². The van der Waals surface area contributed by atoms with Gasteiger partial charge in [-0.3, -0.25) is 4.98 Å². The lowest BCUT2D eigenvalue weighted by Gasteiger charge is -2.33. The highest BCUT2D eigenvalue weighted by Crippen LogP contribution is 2.27. The van der Waals surface area contributed by atoms with Crippen LogP contribution in [0.1, 0.15) is 11.5 Å². The molecule has 0 N–H and O–H groups in total. The van der Waals surface area contributed by atoms with Gasteiger partial charge in [0.05, 0.1) is 23.4 Å². The van der Waals surface area contributed by atoms with Gasteiger partial charge in [0.1, 0.15) is 17.5 Å². The molecule has 1 saturated heterocycles. The van der Waals surface area contributed by atoms with Crippen LogP contribution in [0.15, 0.2) is 36.5 Å². The van der Waals surface area contributed by atoms with Crippen molar-refractivity contribution in [3.8, 4) is 0 Å². The minimum absolute atomic E-state index is 0.254. The second kappa shape index (κ2) is 7.67. The van der Waals surface area contributed by atoms with E-state index in [1.807, 2.05) is 14.0 Å². The molecule has 1 fully saturated rings. The van der Waals surface area contributed by atoms with Gasteiger partial charge in [0, 0.05) is 50.9 Å². The van der Waals surface area contributed by atoms with Crippen LogP contribution >= 0.6 is 0 Å². The van der Waals surface area contributed by atoms with E-state index in [-0.39, 0.29) is 5.82 Å². The van der Waals surface area contributed by atoms with Crippen LogP contribution in [0, 0.1) is 12.7 Å². The van der Waals surface area contributed by atoms with Crippen LogP contribution in [-0.4, -0.2) is 60.1 Å². The summed E-state index contributed by atoms with van der Waals surface area (Å²) < 4.78 is 14.1. The summed E-state index contributed by atoms with van der Waals surface area (Å²) in [7, 11) is 4.12. The molecule has 0 saturated carbocycles. The van der Waals surface area contributed by atoms with Crippen LogP contribution in [0.25, 0.3) is 10.9 Å². The SMILES string of the molecule is Cc1nc(CN(C)c2ccc(F)c3cccnc23)cc(N2CCN(C)CC2)n1. The van der Waals surface area contributed by atoms with E-state index in [4.69, 9.17) is 0 Å². The number of pyridine rings is 1. The molecule has 1 aromatic carbocycles. The number of aromatic nitrogens is 3. The van der Waals surface area contributed by atoms with Crippen LogP contribution in [-0.2, 0) is 6.54 Å². The Balaban J connectivity index is 1.60. The van der Waals surface area contributed by atoms with Gasteiger partial charge in [0.25, 0.3) is 0 Å². The van der Waals surface area contributed by atoms with Gasteiger partial charge in [-0.05, 0) is 38.2 Å². The Morgan fingerprint density at radius 1 is 1.11 bits per heavy atom. The molecule has 1 aliphatic rings. The number of halogens is 1. The van der Waals surface area contributed by atoms with Crippen molar-refractivity contribution in [2.45, 2.75) is 13.5 Å². The maximum Gasteiger partial charge on any atom is 0.132 e. The summed E-state index contributed by atoms with van der Waals surface area (Å²) in [5.41, 5.74) is 2.49. The summed E-state index contributed by atoms with van der Waals surface area (Å²) in [5, 5.41) is 0.531. The second-order valence-corrected chi connectivity index (χ2v) is 7.38. The van der Waals surface area contributed by atoms with Crippen molar-refractivity contribution < 1.29 is 4.39 Å². The largest absolute Gasteiger partial charge is 0.367 e. The summed E-state index contributed by atoms with van der Waals surface area (Å²) in [6.07, 6.45) is 1.69. The highest BCUT2D eigenvalue weighted by Gasteiger charge is 2.17. The molecule has 3 aromatic rings. The van der Waals surface area contributed by atoms with Crippen molar-refractivity contribution in [2.75, 3.05) is 50.1 Å². The number of anilines is 2. The second-order valence-electron chi connectivity index (χ2n) is 7.38. The fourth-order valence-electron chi connectivity index (χ4n) is 3.65. The minimum atomic E-state index is -0.254. The lowest BCUT2D eigenvalue weighted by atomic mass is 10.1. The number of rotatable bonds is 4. The Morgan fingerprint density at radius 2 is 1.89 bits per heavy atom. The molecule has 0 radical (unpaired) electrons. The van der Waals surface area contributed by atoms with Crippen molar-refractivity contribution in [1.82, 2.24) is 19.9 Å². The Bertz CT molecular complexity index is 984. The number of hydrogen-bond donors (Lipinski definition) is 0. The van der Waals surface area contributed by atoms with E-state index >= 15 is 0 Å². The average molecular weight is 380 g/mol. The predicted octanol–water partition coefficient (Wildman–Crippen LogP) is 2.86. The maximum atomic E-state index is 14.1. The van der Waals surface area contributed by atoms with Gasteiger partial charge in [0.15, 0.2) is 0 Å². The zero-order valence-electron chi connectivity index (χ0n) is 16.6. The van der Waals surface area contributed by atoms with Crippen LogP contribution in [0.3, 0.4) is 0 Å².